The Labute approximate surface area is 214 Å². The summed E-state index contributed by atoms with van der Waals surface area (Å²) in [6.45, 7) is 5.59. The molecule has 3 aromatic rings. The first kappa shape index (κ1) is 25.9. The smallest absolute Gasteiger partial charge is 0.307 e. The number of carbonyl (C=O) groups is 2. The number of carboxylic acid groups (broad SMARTS) is 1. The van der Waals surface area contributed by atoms with Crippen molar-refractivity contribution in [3.8, 4) is 17.2 Å². The van der Waals surface area contributed by atoms with Crippen molar-refractivity contribution in [3.05, 3.63) is 85.0 Å². The number of hydrogen-bond donors (Lipinski definition) is 1. The Morgan fingerprint density at radius 3 is 2.21 bits per heavy atom. The highest BCUT2D eigenvalue weighted by Gasteiger charge is 2.23. The van der Waals surface area contributed by atoms with Crippen molar-refractivity contribution in [3.63, 3.8) is 0 Å². The van der Waals surface area contributed by atoms with Gasteiger partial charge in [0.25, 0.3) is 0 Å². The maximum Gasteiger partial charge on any atom is 0.307 e. The largest absolute Gasteiger partial charge is 0.496 e. The molecule has 0 saturated carbocycles. The Kier molecular flexibility index (Phi) is 8.15. The number of ketones is 1. The van der Waals surface area contributed by atoms with Gasteiger partial charge in [0.2, 0.25) is 0 Å². The standard InChI is InChI=1S/C26H23Br2FO5/c1-13(2)17-11-23(34-26-19(27)8-15(9-20(26)28)10-24(30)31)18(12-22(17)33-4)25(32)16-5-6-21(29)14(3)7-16/h5-9,11-13H,10H2,1-4H3,(H,30,31). The molecule has 0 aliphatic carbocycles. The van der Waals surface area contributed by atoms with Crippen LogP contribution in [0.15, 0.2) is 51.4 Å². The van der Waals surface area contributed by atoms with Gasteiger partial charge >= 0.3 is 5.97 Å². The van der Waals surface area contributed by atoms with Crippen LogP contribution >= 0.6 is 31.9 Å². The van der Waals surface area contributed by atoms with Gasteiger partial charge in [-0.2, -0.15) is 0 Å². The summed E-state index contributed by atoms with van der Waals surface area (Å²) >= 11 is 6.89. The zero-order chi connectivity index (χ0) is 25.2. The Balaban J connectivity index is 2.15. The van der Waals surface area contributed by atoms with E-state index in [0.29, 0.717) is 42.9 Å². The molecule has 0 unspecified atom stereocenters. The summed E-state index contributed by atoms with van der Waals surface area (Å²) < 4.78 is 26.6. The van der Waals surface area contributed by atoms with Gasteiger partial charge in [-0.15, -0.1) is 0 Å². The highest BCUT2D eigenvalue weighted by Crippen LogP contribution is 2.42. The average molecular weight is 594 g/mol. The van der Waals surface area contributed by atoms with Gasteiger partial charge in [0.1, 0.15) is 17.3 Å². The summed E-state index contributed by atoms with van der Waals surface area (Å²) in [5.74, 6) is -0.385. The number of methoxy groups -OCH3 is 1. The van der Waals surface area contributed by atoms with Gasteiger partial charge in [0.15, 0.2) is 11.5 Å². The van der Waals surface area contributed by atoms with Crippen molar-refractivity contribution < 1.29 is 28.6 Å². The van der Waals surface area contributed by atoms with Crippen LogP contribution in [-0.4, -0.2) is 24.0 Å². The van der Waals surface area contributed by atoms with E-state index in [1.54, 1.807) is 31.2 Å². The molecular formula is C26H23Br2FO5. The minimum absolute atomic E-state index is 0.0827. The molecule has 0 spiro atoms. The molecule has 0 aliphatic heterocycles. The SMILES string of the molecule is COc1cc(C(=O)c2ccc(F)c(C)c2)c(Oc2c(Br)cc(CC(=O)O)cc2Br)cc1C(C)C. The second-order valence-electron chi connectivity index (χ2n) is 8.10. The van der Waals surface area contributed by atoms with Gasteiger partial charge in [-0.3, -0.25) is 9.59 Å². The van der Waals surface area contributed by atoms with Crippen LogP contribution in [0, 0.1) is 12.7 Å². The molecule has 0 saturated heterocycles. The first-order chi connectivity index (χ1) is 16.0. The Morgan fingerprint density at radius 1 is 1.03 bits per heavy atom. The summed E-state index contributed by atoms with van der Waals surface area (Å²) in [5, 5.41) is 9.09. The summed E-state index contributed by atoms with van der Waals surface area (Å²) in [6.07, 6.45) is -0.148. The van der Waals surface area contributed by atoms with Gasteiger partial charge < -0.3 is 14.6 Å². The molecule has 0 radical (unpaired) electrons. The van der Waals surface area contributed by atoms with Crippen molar-refractivity contribution in [2.45, 2.75) is 33.1 Å². The van der Waals surface area contributed by atoms with Crippen LogP contribution in [-0.2, 0) is 11.2 Å². The number of carbonyl (C=O) groups excluding carboxylic acids is 1. The summed E-state index contributed by atoms with van der Waals surface area (Å²) in [6, 6.07) is 10.9. The molecule has 0 amide bonds. The summed E-state index contributed by atoms with van der Waals surface area (Å²) in [4.78, 5) is 24.6. The molecule has 0 bridgehead atoms. The molecule has 0 fully saturated rings. The Morgan fingerprint density at radius 2 is 1.68 bits per heavy atom. The second-order valence-corrected chi connectivity index (χ2v) is 9.81. The molecule has 0 heterocycles. The van der Waals surface area contributed by atoms with E-state index in [2.05, 4.69) is 31.9 Å². The Bertz CT molecular complexity index is 1250. The van der Waals surface area contributed by atoms with E-state index < -0.39 is 11.8 Å². The van der Waals surface area contributed by atoms with Gasteiger partial charge in [0, 0.05) is 11.1 Å². The molecule has 0 aromatic heterocycles. The number of aryl methyl sites for hydroxylation is 1. The molecule has 178 valence electrons. The van der Waals surface area contributed by atoms with Crippen molar-refractivity contribution in [2.24, 2.45) is 0 Å². The monoisotopic (exact) mass is 592 g/mol. The predicted molar refractivity (Wildman–Crippen MR) is 135 cm³/mol. The Hall–Kier alpha value is -2.71. The highest BCUT2D eigenvalue weighted by atomic mass is 79.9. The summed E-state index contributed by atoms with van der Waals surface area (Å²) in [7, 11) is 1.53. The molecule has 0 atom stereocenters. The van der Waals surface area contributed by atoms with Crippen molar-refractivity contribution in [1.29, 1.82) is 0 Å². The van der Waals surface area contributed by atoms with E-state index in [0.717, 1.165) is 5.56 Å². The number of aliphatic carboxylic acids is 1. The molecule has 0 aliphatic rings. The normalized spacial score (nSPS) is 10.9. The van der Waals surface area contributed by atoms with Gasteiger partial charge in [-0.05, 0) is 98.3 Å². The number of hydrogen-bond acceptors (Lipinski definition) is 4. The van der Waals surface area contributed by atoms with E-state index >= 15 is 0 Å². The first-order valence-electron chi connectivity index (χ1n) is 10.4. The molecule has 5 nitrogen and oxygen atoms in total. The number of ether oxygens (including phenoxy) is 2. The minimum Gasteiger partial charge on any atom is -0.496 e. The van der Waals surface area contributed by atoms with Crippen LogP contribution in [0.25, 0.3) is 0 Å². The minimum atomic E-state index is -0.952. The first-order valence-corrected chi connectivity index (χ1v) is 12.0. The van der Waals surface area contributed by atoms with Crippen LogP contribution in [0.5, 0.6) is 17.2 Å². The number of rotatable bonds is 8. The molecule has 8 heteroatoms. The van der Waals surface area contributed by atoms with E-state index in [4.69, 9.17) is 14.6 Å². The lowest BCUT2D eigenvalue weighted by Crippen LogP contribution is -2.07. The fourth-order valence-electron chi connectivity index (χ4n) is 3.50. The molecule has 1 N–H and O–H groups in total. The lowest BCUT2D eigenvalue weighted by Gasteiger charge is -2.19. The van der Waals surface area contributed by atoms with E-state index in [9.17, 15) is 14.0 Å². The third kappa shape index (κ3) is 5.67. The summed E-state index contributed by atoms with van der Waals surface area (Å²) in [5.41, 5.74) is 2.35. The zero-order valence-electron chi connectivity index (χ0n) is 19.0. The van der Waals surface area contributed by atoms with Crippen LogP contribution in [0.4, 0.5) is 4.39 Å². The average Bonchev–Trinajstić information content (AvgIpc) is 2.76. The molecule has 3 aromatic carbocycles. The fourth-order valence-corrected chi connectivity index (χ4v) is 4.95. The number of carboxylic acids is 1. The van der Waals surface area contributed by atoms with E-state index in [1.165, 1.54) is 25.3 Å². The van der Waals surface area contributed by atoms with Gasteiger partial charge in [0.05, 0.1) is 28.0 Å². The quantitative estimate of drug-likeness (QED) is 0.275. The van der Waals surface area contributed by atoms with Crippen LogP contribution in [0.3, 0.4) is 0 Å². The second kappa shape index (κ2) is 10.7. The fraction of sp³-hybridized carbons (Fsp3) is 0.231. The van der Waals surface area contributed by atoms with Crippen LogP contribution < -0.4 is 9.47 Å². The predicted octanol–water partition coefficient (Wildman–Crippen LogP) is 7.44. The maximum atomic E-state index is 13.8. The number of halogens is 3. The topological polar surface area (TPSA) is 72.8 Å². The van der Waals surface area contributed by atoms with Crippen LogP contribution in [0.1, 0.15) is 52.4 Å². The van der Waals surface area contributed by atoms with Crippen molar-refractivity contribution in [1.82, 2.24) is 0 Å². The van der Waals surface area contributed by atoms with Gasteiger partial charge in [-0.25, -0.2) is 4.39 Å². The van der Waals surface area contributed by atoms with Crippen molar-refractivity contribution >= 4 is 43.6 Å². The highest BCUT2D eigenvalue weighted by molar-refractivity contribution is 9.11. The zero-order valence-corrected chi connectivity index (χ0v) is 22.2. The van der Waals surface area contributed by atoms with E-state index in [-0.39, 0.29) is 23.7 Å². The molecule has 34 heavy (non-hydrogen) atoms. The van der Waals surface area contributed by atoms with Gasteiger partial charge in [-0.1, -0.05) is 13.8 Å². The lowest BCUT2D eigenvalue weighted by molar-refractivity contribution is -0.136. The van der Waals surface area contributed by atoms with E-state index in [1.807, 2.05) is 13.8 Å². The maximum absolute atomic E-state index is 13.8. The third-order valence-corrected chi connectivity index (χ3v) is 6.42. The third-order valence-electron chi connectivity index (χ3n) is 5.24. The molecular weight excluding hydrogens is 571 g/mol. The molecule has 3 rings (SSSR count). The van der Waals surface area contributed by atoms with Crippen LogP contribution in [0.2, 0.25) is 0 Å². The number of benzene rings is 3. The van der Waals surface area contributed by atoms with Crippen molar-refractivity contribution in [2.75, 3.05) is 7.11 Å². The lowest BCUT2D eigenvalue weighted by atomic mass is 9.95.